The van der Waals surface area contributed by atoms with Gasteiger partial charge in [0.05, 0.1) is 0 Å². The Hall–Kier alpha value is -0.890. The minimum atomic E-state index is 0.682. The molecule has 3 saturated heterocycles. The smallest absolute Gasteiger partial charge is 0.0391 e. The van der Waals surface area contributed by atoms with Crippen molar-refractivity contribution < 1.29 is 0 Å². The monoisotopic (exact) mass is 214 g/mol. The number of piperidine rings is 3. The average molecular weight is 214 g/mol. The molecule has 0 radical (unpaired) electrons. The number of rotatable bonds is 1. The van der Waals surface area contributed by atoms with Crippen molar-refractivity contribution in [2.45, 2.75) is 25.3 Å². The first-order valence-corrected chi connectivity index (χ1v) is 6.54. The number of pyridine rings is 1. The van der Waals surface area contributed by atoms with Crippen molar-refractivity contribution in [3.8, 4) is 0 Å². The van der Waals surface area contributed by atoms with Gasteiger partial charge in [0.1, 0.15) is 0 Å². The van der Waals surface area contributed by atoms with Crippen LogP contribution in [0.15, 0.2) is 24.5 Å². The second-order valence-corrected chi connectivity index (χ2v) is 5.88. The van der Waals surface area contributed by atoms with E-state index in [1.54, 1.807) is 0 Å². The van der Waals surface area contributed by atoms with Crippen molar-refractivity contribution in [3.63, 3.8) is 0 Å². The van der Waals surface area contributed by atoms with Crippen LogP contribution in [0.25, 0.3) is 0 Å². The zero-order valence-electron chi connectivity index (χ0n) is 9.55. The Balaban J connectivity index is 1.70. The number of hydrogen-bond acceptors (Lipinski definition) is 2. The van der Waals surface area contributed by atoms with Gasteiger partial charge in [-0.1, -0.05) is 6.07 Å². The topological polar surface area (TPSA) is 16.1 Å². The van der Waals surface area contributed by atoms with E-state index in [4.69, 9.17) is 0 Å². The van der Waals surface area contributed by atoms with Gasteiger partial charge in [-0.3, -0.25) is 9.88 Å². The molecular formula is C14H18N2. The molecule has 4 heterocycles. The third-order valence-corrected chi connectivity index (χ3v) is 4.79. The highest BCUT2D eigenvalue weighted by atomic mass is 15.2. The molecule has 4 aliphatic rings. The summed E-state index contributed by atoms with van der Waals surface area (Å²) in [7, 11) is 0. The third kappa shape index (κ3) is 1.26. The summed E-state index contributed by atoms with van der Waals surface area (Å²) in [6.07, 6.45) is 8.40. The number of hydrogen-bond donors (Lipinski definition) is 0. The maximum Gasteiger partial charge on any atom is 0.0391 e. The van der Waals surface area contributed by atoms with Gasteiger partial charge in [0.25, 0.3) is 0 Å². The summed E-state index contributed by atoms with van der Waals surface area (Å²) in [4.78, 5) is 7.02. The molecule has 3 atom stereocenters. The standard InChI is InChI=1S/C14H18N2/c1-2-12(7-15-3-1)14-13-5-10-4-11(6-13)9-16(14)8-10/h1-3,7,10-11,13-14H,4-6,8-9H2/t10?,11?,13?,14-/m0/s1. The van der Waals surface area contributed by atoms with Crippen LogP contribution in [0.1, 0.15) is 30.9 Å². The molecule has 4 bridgehead atoms. The van der Waals surface area contributed by atoms with Gasteiger partial charge in [-0.15, -0.1) is 0 Å². The average Bonchev–Trinajstić information content (AvgIpc) is 2.29. The molecule has 0 amide bonds. The quantitative estimate of drug-likeness (QED) is 0.714. The van der Waals surface area contributed by atoms with Gasteiger partial charge in [-0.25, -0.2) is 0 Å². The van der Waals surface area contributed by atoms with Crippen molar-refractivity contribution in [3.05, 3.63) is 30.1 Å². The van der Waals surface area contributed by atoms with Crippen LogP contribution in [0.5, 0.6) is 0 Å². The van der Waals surface area contributed by atoms with Crippen LogP contribution in [0.3, 0.4) is 0 Å². The maximum absolute atomic E-state index is 4.29. The molecule has 2 unspecified atom stereocenters. The van der Waals surface area contributed by atoms with Crippen LogP contribution < -0.4 is 0 Å². The maximum atomic E-state index is 4.29. The van der Waals surface area contributed by atoms with Gasteiger partial charge < -0.3 is 0 Å². The van der Waals surface area contributed by atoms with E-state index in [1.165, 1.54) is 37.9 Å². The van der Waals surface area contributed by atoms with Crippen LogP contribution in [0.4, 0.5) is 0 Å². The number of nitrogens with zero attached hydrogens (tertiary/aromatic N) is 2. The molecule has 0 aromatic carbocycles. The van der Waals surface area contributed by atoms with E-state index in [-0.39, 0.29) is 0 Å². The molecule has 0 N–H and O–H groups in total. The Morgan fingerprint density at radius 1 is 1.12 bits per heavy atom. The first kappa shape index (κ1) is 9.17. The highest BCUT2D eigenvalue weighted by molar-refractivity contribution is 5.18. The molecule has 1 aromatic heterocycles. The van der Waals surface area contributed by atoms with Gasteiger partial charge in [0.2, 0.25) is 0 Å². The second-order valence-electron chi connectivity index (χ2n) is 5.88. The van der Waals surface area contributed by atoms with E-state index >= 15 is 0 Å². The fourth-order valence-corrected chi connectivity index (χ4v) is 4.47. The molecule has 4 fully saturated rings. The van der Waals surface area contributed by atoms with Crippen LogP contribution in [-0.4, -0.2) is 23.0 Å². The normalized spacial score (nSPS) is 44.9. The zero-order valence-corrected chi connectivity index (χ0v) is 9.55. The largest absolute Gasteiger partial charge is 0.295 e. The molecule has 1 aromatic rings. The fourth-order valence-electron chi connectivity index (χ4n) is 4.47. The van der Waals surface area contributed by atoms with Crippen LogP contribution in [-0.2, 0) is 0 Å². The van der Waals surface area contributed by atoms with Gasteiger partial charge in [-0.2, -0.15) is 0 Å². The van der Waals surface area contributed by atoms with Crippen LogP contribution >= 0.6 is 0 Å². The van der Waals surface area contributed by atoms with Gasteiger partial charge in [-0.05, 0) is 48.6 Å². The summed E-state index contributed by atoms with van der Waals surface area (Å²) in [6.45, 7) is 2.68. The lowest BCUT2D eigenvalue weighted by Crippen LogP contribution is -2.54. The summed E-state index contributed by atoms with van der Waals surface area (Å²) < 4.78 is 0. The zero-order chi connectivity index (χ0) is 10.5. The molecule has 2 heteroatoms. The Labute approximate surface area is 96.7 Å². The molecule has 0 spiro atoms. The third-order valence-electron chi connectivity index (χ3n) is 4.79. The van der Waals surface area contributed by atoms with Crippen molar-refractivity contribution in [2.24, 2.45) is 17.8 Å². The fraction of sp³-hybridized carbons (Fsp3) is 0.643. The Kier molecular flexibility index (Phi) is 1.89. The minimum Gasteiger partial charge on any atom is -0.295 e. The molecule has 3 aliphatic heterocycles. The van der Waals surface area contributed by atoms with Crippen LogP contribution in [0.2, 0.25) is 0 Å². The van der Waals surface area contributed by atoms with E-state index in [2.05, 4.69) is 28.2 Å². The summed E-state index contributed by atoms with van der Waals surface area (Å²) in [5.41, 5.74) is 1.45. The summed E-state index contributed by atoms with van der Waals surface area (Å²) in [5.74, 6) is 2.92. The molecule has 2 nitrogen and oxygen atoms in total. The SMILES string of the molecule is c1cncc([C@H]2C3CC4CC(C3)CN2C4)c1. The van der Waals surface area contributed by atoms with E-state index in [9.17, 15) is 0 Å². The molecule has 1 saturated carbocycles. The minimum absolute atomic E-state index is 0.682. The molecule has 16 heavy (non-hydrogen) atoms. The first-order chi connectivity index (χ1) is 7.90. The molecule has 1 aliphatic carbocycles. The Morgan fingerprint density at radius 2 is 1.94 bits per heavy atom. The van der Waals surface area contributed by atoms with Gasteiger partial charge in [0, 0.05) is 31.5 Å². The molecular weight excluding hydrogens is 196 g/mol. The van der Waals surface area contributed by atoms with E-state index in [1.807, 2.05) is 6.20 Å². The lowest BCUT2D eigenvalue weighted by molar-refractivity contribution is -0.0663. The Morgan fingerprint density at radius 3 is 2.56 bits per heavy atom. The number of aromatic nitrogens is 1. The predicted molar refractivity (Wildman–Crippen MR) is 62.9 cm³/mol. The van der Waals surface area contributed by atoms with Crippen molar-refractivity contribution in [1.29, 1.82) is 0 Å². The predicted octanol–water partition coefficient (Wildman–Crippen LogP) is 2.48. The lowest BCUT2D eigenvalue weighted by atomic mass is 9.64. The van der Waals surface area contributed by atoms with E-state index in [0.29, 0.717) is 6.04 Å². The second kappa shape index (κ2) is 3.30. The lowest BCUT2D eigenvalue weighted by Gasteiger charge is -2.56. The van der Waals surface area contributed by atoms with Gasteiger partial charge in [0.15, 0.2) is 0 Å². The molecule has 5 rings (SSSR count). The van der Waals surface area contributed by atoms with Crippen LogP contribution in [0, 0.1) is 17.8 Å². The summed E-state index contributed by atoms with van der Waals surface area (Å²) >= 11 is 0. The highest BCUT2D eigenvalue weighted by Gasteiger charge is 2.47. The van der Waals surface area contributed by atoms with E-state index < -0.39 is 0 Å². The Bertz CT molecular complexity index is 359. The highest BCUT2D eigenvalue weighted by Crippen LogP contribution is 2.51. The van der Waals surface area contributed by atoms with Crippen molar-refractivity contribution in [2.75, 3.05) is 13.1 Å². The van der Waals surface area contributed by atoms with Crippen molar-refractivity contribution >= 4 is 0 Å². The first-order valence-electron chi connectivity index (χ1n) is 6.54. The van der Waals surface area contributed by atoms with Crippen molar-refractivity contribution in [1.82, 2.24) is 9.88 Å². The summed E-state index contributed by atoms with van der Waals surface area (Å²) in [5, 5.41) is 0. The molecule has 84 valence electrons. The van der Waals surface area contributed by atoms with E-state index in [0.717, 1.165) is 17.8 Å². The van der Waals surface area contributed by atoms with Gasteiger partial charge >= 0.3 is 0 Å². The summed E-state index contributed by atoms with van der Waals surface area (Å²) in [6, 6.07) is 5.03.